The molecule has 0 fully saturated rings. The van der Waals surface area contributed by atoms with Crippen molar-refractivity contribution >= 4 is 38.8 Å². The van der Waals surface area contributed by atoms with Gasteiger partial charge in [0.1, 0.15) is 4.99 Å². The summed E-state index contributed by atoms with van der Waals surface area (Å²) >= 11 is 6.54. The number of benzene rings is 1. The largest absolute Gasteiger partial charge is 0.387 e. The fourth-order valence-corrected chi connectivity index (χ4v) is 2.71. The molecule has 2 N–H and O–H groups in total. The number of fused-ring (bicyclic) bond motifs is 1. The minimum Gasteiger partial charge on any atom is -0.387 e. The van der Waals surface area contributed by atoms with Crippen LogP contribution < -0.4 is 5.73 Å². The number of nitrogens with two attached hydrogens (primary N) is 1. The molecule has 6 heteroatoms. The van der Waals surface area contributed by atoms with Gasteiger partial charge in [0.15, 0.2) is 11.0 Å². The van der Waals surface area contributed by atoms with E-state index in [9.17, 15) is 0 Å². The summed E-state index contributed by atoms with van der Waals surface area (Å²) in [6.45, 7) is 0. The predicted molar refractivity (Wildman–Crippen MR) is 72.6 cm³/mol. The lowest BCUT2D eigenvalue weighted by molar-refractivity contribution is 1.02. The maximum atomic E-state index is 5.62. The molecule has 2 heterocycles. The topological polar surface area (TPSA) is 56.7 Å². The number of hydrogen-bond acceptors (Lipinski definition) is 4. The molecule has 0 spiro atoms. The maximum absolute atomic E-state index is 5.62. The fourth-order valence-electron chi connectivity index (χ4n) is 1.60. The van der Waals surface area contributed by atoms with Crippen LogP contribution in [0.15, 0.2) is 36.7 Å². The number of nitrogens with zero attached hydrogens (tertiary/aromatic N) is 3. The molecule has 1 aromatic carbocycles. The molecular weight excluding hydrogens is 252 g/mol. The SMILES string of the molecule is NC(=S)c1nccn1-c1nc2ccccc2s1. The number of aromatic nitrogens is 3. The highest BCUT2D eigenvalue weighted by molar-refractivity contribution is 7.80. The number of hydrogen-bond donors (Lipinski definition) is 1. The van der Waals surface area contributed by atoms with E-state index in [0.717, 1.165) is 15.3 Å². The zero-order valence-corrected chi connectivity index (χ0v) is 10.3. The first kappa shape index (κ1) is 10.4. The highest BCUT2D eigenvalue weighted by Crippen LogP contribution is 2.25. The van der Waals surface area contributed by atoms with Gasteiger partial charge in [-0.2, -0.15) is 0 Å². The van der Waals surface area contributed by atoms with Crippen LogP contribution in [0.1, 0.15) is 5.82 Å². The van der Waals surface area contributed by atoms with E-state index >= 15 is 0 Å². The summed E-state index contributed by atoms with van der Waals surface area (Å²) in [4.78, 5) is 8.92. The smallest absolute Gasteiger partial charge is 0.196 e. The molecule has 0 radical (unpaired) electrons. The van der Waals surface area contributed by atoms with Gasteiger partial charge < -0.3 is 5.73 Å². The van der Waals surface area contributed by atoms with Crippen LogP contribution in [0, 0.1) is 0 Å². The molecule has 17 heavy (non-hydrogen) atoms. The summed E-state index contributed by atoms with van der Waals surface area (Å²) in [6.07, 6.45) is 3.48. The van der Waals surface area contributed by atoms with Crippen LogP contribution in [-0.2, 0) is 0 Å². The Morgan fingerprint density at radius 3 is 2.94 bits per heavy atom. The molecule has 0 saturated heterocycles. The number of thiazole rings is 1. The van der Waals surface area contributed by atoms with Gasteiger partial charge in [-0.05, 0) is 12.1 Å². The standard InChI is InChI=1S/C11H8N4S2/c12-9(16)10-13-5-6-15(10)11-14-7-3-1-2-4-8(7)17-11/h1-6H,(H2,12,16). The Kier molecular flexibility index (Phi) is 2.38. The Morgan fingerprint density at radius 1 is 1.35 bits per heavy atom. The van der Waals surface area contributed by atoms with Crippen molar-refractivity contribution in [1.82, 2.24) is 14.5 Å². The van der Waals surface area contributed by atoms with Crippen molar-refractivity contribution < 1.29 is 0 Å². The van der Waals surface area contributed by atoms with Gasteiger partial charge in [0.05, 0.1) is 10.2 Å². The molecule has 3 rings (SSSR count). The van der Waals surface area contributed by atoms with Crippen molar-refractivity contribution in [2.45, 2.75) is 0 Å². The van der Waals surface area contributed by atoms with Crippen molar-refractivity contribution in [1.29, 1.82) is 0 Å². The monoisotopic (exact) mass is 260 g/mol. The first-order valence-electron chi connectivity index (χ1n) is 4.95. The molecule has 3 aromatic rings. The van der Waals surface area contributed by atoms with Crippen LogP contribution in [0.3, 0.4) is 0 Å². The fraction of sp³-hybridized carbons (Fsp3) is 0. The van der Waals surface area contributed by atoms with E-state index in [-0.39, 0.29) is 4.99 Å². The summed E-state index contributed by atoms with van der Waals surface area (Å²) in [7, 11) is 0. The third-order valence-electron chi connectivity index (χ3n) is 2.35. The van der Waals surface area contributed by atoms with Crippen molar-refractivity contribution in [3.05, 3.63) is 42.5 Å². The van der Waals surface area contributed by atoms with E-state index in [1.165, 1.54) is 0 Å². The molecule has 0 aliphatic heterocycles. The predicted octanol–water partition coefficient (Wildman–Crippen LogP) is 2.12. The van der Waals surface area contributed by atoms with Crippen molar-refractivity contribution in [3.63, 3.8) is 0 Å². The van der Waals surface area contributed by atoms with Crippen LogP contribution in [0.5, 0.6) is 0 Å². The van der Waals surface area contributed by atoms with Gasteiger partial charge in [-0.1, -0.05) is 35.7 Å². The average Bonchev–Trinajstić information content (AvgIpc) is 2.95. The van der Waals surface area contributed by atoms with Gasteiger partial charge >= 0.3 is 0 Å². The molecule has 0 saturated carbocycles. The zero-order chi connectivity index (χ0) is 11.8. The van der Waals surface area contributed by atoms with E-state index in [0.29, 0.717) is 5.82 Å². The van der Waals surface area contributed by atoms with Gasteiger partial charge in [-0.3, -0.25) is 4.57 Å². The highest BCUT2D eigenvalue weighted by atomic mass is 32.1. The Labute approximate surface area is 107 Å². The van der Waals surface area contributed by atoms with Crippen LogP contribution in [0.2, 0.25) is 0 Å². The first-order valence-corrected chi connectivity index (χ1v) is 6.17. The average molecular weight is 260 g/mol. The van der Waals surface area contributed by atoms with Gasteiger partial charge in [0, 0.05) is 12.4 Å². The third-order valence-corrected chi connectivity index (χ3v) is 3.57. The van der Waals surface area contributed by atoms with Crippen molar-refractivity contribution in [2.24, 2.45) is 5.73 Å². The lowest BCUT2D eigenvalue weighted by atomic mass is 10.3. The van der Waals surface area contributed by atoms with Crippen LogP contribution in [-0.4, -0.2) is 19.5 Å². The van der Waals surface area contributed by atoms with Gasteiger partial charge in [0.2, 0.25) is 0 Å². The molecule has 0 aliphatic rings. The molecule has 2 aromatic heterocycles. The number of para-hydroxylation sites is 1. The molecule has 0 atom stereocenters. The minimum absolute atomic E-state index is 0.272. The first-order chi connectivity index (χ1) is 8.25. The molecule has 4 nitrogen and oxygen atoms in total. The van der Waals surface area contributed by atoms with E-state index in [2.05, 4.69) is 9.97 Å². The van der Waals surface area contributed by atoms with E-state index in [1.54, 1.807) is 17.5 Å². The molecular formula is C11H8N4S2. The second-order valence-electron chi connectivity index (χ2n) is 3.45. The summed E-state index contributed by atoms with van der Waals surface area (Å²) in [6, 6.07) is 7.97. The molecule has 0 unspecified atom stereocenters. The second kappa shape index (κ2) is 3.90. The Balaban J connectivity index is 2.20. The summed E-state index contributed by atoms with van der Waals surface area (Å²) in [5.41, 5.74) is 6.58. The number of thiocarbonyl (C=S) groups is 1. The number of imidazole rings is 1. The Hall–Kier alpha value is -1.79. The lowest BCUT2D eigenvalue weighted by Crippen LogP contribution is -2.15. The van der Waals surface area contributed by atoms with E-state index in [1.807, 2.05) is 35.0 Å². The highest BCUT2D eigenvalue weighted by Gasteiger charge is 2.11. The minimum atomic E-state index is 0.272. The second-order valence-corrected chi connectivity index (χ2v) is 4.90. The van der Waals surface area contributed by atoms with Crippen molar-refractivity contribution in [2.75, 3.05) is 0 Å². The molecule has 0 aliphatic carbocycles. The molecule has 0 bridgehead atoms. The zero-order valence-electron chi connectivity index (χ0n) is 8.70. The van der Waals surface area contributed by atoms with Gasteiger partial charge in [-0.25, -0.2) is 9.97 Å². The Bertz CT molecular complexity index is 665. The quantitative estimate of drug-likeness (QED) is 0.717. The van der Waals surface area contributed by atoms with Crippen LogP contribution >= 0.6 is 23.6 Å². The normalized spacial score (nSPS) is 10.8. The van der Waals surface area contributed by atoms with Gasteiger partial charge in [0.25, 0.3) is 0 Å². The number of rotatable bonds is 2. The van der Waals surface area contributed by atoms with E-state index in [4.69, 9.17) is 18.0 Å². The van der Waals surface area contributed by atoms with Crippen LogP contribution in [0.25, 0.3) is 15.3 Å². The third kappa shape index (κ3) is 1.71. The Morgan fingerprint density at radius 2 is 2.18 bits per heavy atom. The summed E-state index contributed by atoms with van der Waals surface area (Å²) < 4.78 is 2.94. The van der Waals surface area contributed by atoms with Crippen molar-refractivity contribution in [3.8, 4) is 5.13 Å². The molecule has 0 amide bonds. The molecule has 84 valence electrons. The lowest BCUT2D eigenvalue weighted by Gasteiger charge is -2.00. The summed E-state index contributed by atoms with van der Waals surface area (Å²) in [5.74, 6) is 0.569. The van der Waals surface area contributed by atoms with Gasteiger partial charge in [-0.15, -0.1) is 0 Å². The van der Waals surface area contributed by atoms with Crippen LogP contribution in [0.4, 0.5) is 0 Å². The van der Waals surface area contributed by atoms with E-state index < -0.39 is 0 Å². The maximum Gasteiger partial charge on any atom is 0.196 e. The summed E-state index contributed by atoms with van der Waals surface area (Å²) in [5, 5.41) is 0.825.